The maximum Gasteiger partial charge on any atom is 0.212 e. The second-order valence-electron chi connectivity index (χ2n) is 5.79. The first kappa shape index (κ1) is 17.4. The molecule has 3 aromatic rings. The van der Waals surface area contributed by atoms with Gasteiger partial charge in [0.05, 0.1) is 0 Å². The summed E-state index contributed by atoms with van der Waals surface area (Å²) in [6.07, 6.45) is 4.81. The van der Waals surface area contributed by atoms with E-state index in [0.717, 1.165) is 40.7 Å². The van der Waals surface area contributed by atoms with E-state index in [-0.39, 0.29) is 0 Å². The molecular weight excluding hydrogens is 332 g/mol. The number of hydrogen-bond donors (Lipinski definition) is 3. The van der Waals surface area contributed by atoms with Crippen molar-refractivity contribution in [3.05, 3.63) is 42.6 Å². The zero-order valence-corrected chi connectivity index (χ0v) is 15.2. The molecule has 0 bridgehead atoms. The van der Waals surface area contributed by atoms with E-state index < -0.39 is 0 Å². The number of amides is 1. The number of nitrogens with one attached hydrogen (secondary N) is 3. The Morgan fingerprint density at radius 1 is 1.20 bits per heavy atom. The predicted molar refractivity (Wildman–Crippen MR) is 107 cm³/mol. The van der Waals surface area contributed by atoms with E-state index in [9.17, 15) is 4.79 Å². The molecule has 2 aromatic heterocycles. The lowest BCUT2D eigenvalue weighted by molar-refractivity contribution is -0.105. The van der Waals surface area contributed by atoms with Crippen LogP contribution in [0, 0.1) is 0 Å². The van der Waals surface area contributed by atoms with Crippen molar-refractivity contribution >= 4 is 40.9 Å². The molecule has 0 saturated carbocycles. The number of aromatic amines is 1. The zero-order chi connectivity index (χ0) is 17.6. The third kappa shape index (κ3) is 3.96. The smallest absolute Gasteiger partial charge is 0.212 e. The Morgan fingerprint density at radius 2 is 1.96 bits per heavy atom. The topological polar surface area (TPSA) is 69.8 Å². The molecule has 0 spiro atoms. The molecule has 1 amide bonds. The summed E-state index contributed by atoms with van der Waals surface area (Å²) in [7, 11) is 0. The molecule has 5 nitrogen and oxygen atoms in total. The van der Waals surface area contributed by atoms with Crippen LogP contribution in [0.1, 0.15) is 26.7 Å². The van der Waals surface area contributed by atoms with Crippen LogP contribution in [0.5, 0.6) is 0 Å². The number of carbonyl (C=O) groups excluding carboxylic acids is 1. The second kappa shape index (κ2) is 8.07. The van der Waals surface area contributed by atoms with Gasteiger partial charge in [0.2, 0.25) is 6.41 Å². The van der Waals surface area contributed by atoms with Crippen molar-refractivity contribution in [1.29, 1.82) is 0 Å². The molecule has 0 aliphatic rings. The Labute approximate surface area is 151 Å². The van der Waals surface area contributed by atoms with Crippen LogP contribution in [-0.2, 0) is 4.79 Å². The fraction of sp³-hybridized carbons (Fsp3) is 0.263. The number of fused-ring (bicyclic) bond motifs is 1. The van der Waals surface area contributed by atoms with Gasteiger partial charge < -0.3 is 15.0 Å². The SMILES string of the molecule is CCC(CC)SNc1ccc(-c2cc(NC=O)nc3[nH]ccc23)cc1. The molecule has 3 N–H and O–H groups in total. The van der Waals surface area contributed by atoms with Crippen molar-refractivity contribution in [3.8, 4) is 11.1 Å². The van der Waals surface area contributed by atoms with Gasteiger partial charge in [0, 0.05) is 22.5 Å². The van der Waals surface area contributed by atoms with Crippen molar-refractivity contribution < 1.29 is 4.79 Å². The monoisotopic (exact) mass is 354 g/mol. The summed E-state index contributed by atoms with van der Waals surface area (Å²) in [6.45, 7) is 4.42. The summed E-state index contributed by atoms with van der Waals surface area (Å²) in [5.74, 6) is 0.534. The van der Waals surface area contributed by atoms with Crippen LogP contribution < -0.4 is 10.0 Å². The second-order valence-corrected chi connectivity index (χ2v) is 6.90. The van der Waals surface area contributed by atoms with Gasteiger partial charge in [-0.3, -0.25) is 4.79 Å². The van der Waals surface area contributed by atoms with Crippen LogP contribution in [0.4, 0.5) is 11.5 Å². The zero-order valence-electron chi connectivity index (χ0n) is 14.4. The van der Waals surface area contributed by atoms with E-state index in [2.05, 4.69) is 58.1 Å². The van der Waals surface area contributed by atoms with Crippen molar-refractivity contribution in [3.63, 3.8) is 0 Å². The highest BCUT2D eigenvalue weighted by Gasteiger charge is 2.09. The minimum Gasteiger partial charge on any atom is -0.346 e. The predicted octanol–water partition coefficient (Wildman–Crippen LogP) is 5.05. The van der Waals surface area contributed by atoms with E-state index in [1.165, 1.54) is 0 Å². The quantitative estimate of drug-likeness (QED) is 0.391. The van der Waals surface area contributed by atoms with Crippen LogP contribution in [0.25, 0.3) is 22.2 Å². The van der Waals surface area contributed by atoms with Crippen LogP contribution in [0.3, 0.4) is 0 Å². The summed E-state index contributed by atoms with van der Waals surface area (Å²) in [5, 5.41) is 4.28. The number of hydrogen-bond acceptors (Lipinski definition) is 4. The van der Waals surface area contributed by atoms with Gasteiger partial charge in [-0.05, 0) is 60.2 Å². The summed E-state index contributed by atoms with van der Waals surface area (Å²) >= 11 is 1.78. The minimum atomic E-state index is 0.534. The van der Waals surface area contributed by atoms with E-state index in [1.807, 2.05) is 18.3 Å². The van der Waals surface area contributed by atoms with E-state index >= 15 is 0 Å². The molecule has 2 heterocycles. The van der Waals surface area contributed by atoms with Crippen LogP contribution in [0.15, 0.2) is 42.6 Å². The third-order valence-corrected chi connectivity index (χ3v) is 5.54. The number of pyridine rings is 1. The highest BCUT2D eigenvalue weighted by Crippen LogP contribution is 2.31. The molecule has 0 aliphatic heterocycles. The first-order chi connectivity index (χ1) is 12.2. The van der Waals surface area contributed by atoms with Gasteiger partial charge in [-0.2, -0.15) is 0 Å². The van der Waals surface area contributed by atoms with Gasteiger partial charge in [-0.15, -0.1) is 0 Å². The summed E-state index contributed by atoms with van der Waals surface area (Å²) in [4.78, 5) is 18.2. The molecule has 0 saturated heterocycles. The molecule has 130 valence electrons. The molecule has 0 aliphatic carbocycles. The summed E-state index contributed by atoms with van der Waals surface area (Å²) in [6, 6.07) is 12.2. The molecule has 0 radical (unpaired) electrons. The van der Waals surface area contributed by atoms with E-state index in [4.69, 9.17) is 0 Å². The molecule has 0 atom stereocenters. The van der Waals surface area contributed by atoms with E-state index in [1.54, 1.807) is 11.9 Å². The standard InChI is InChI=1S/C19H22N4OS/c1-3-15(4-2)25-23-14-7-5-13(6-8-14)17-11-18(21-12-24)22-19-16(17)9-10-20-19/h5-12,15,23H,3-4H2,1-2H3,(H2,20,21,22,24). The molecule has 6 heteroatoms. The number of aromatic nitrogens is 2. The number of carbonyl (C=O) groups is 1. The Bertz CT molecular complexity index is 840. The Hall–Kier alpha value is -2.47. The van der Waals surface area contributed by atoms with Crippen molar-refractivity contribution in [2.75, 3.05) is 10.0 Å². The molecular formula is C19H22N4OS. The highest BCUT2D eigenvalue weighted by atomic mass is 32.2. The average Bonchev–Trinajstić information content (AvgIpc) is 3.11. The van der Waals surface area contributed by atoms with E-state index in [0.29, 0.717) is 17.5 Å². The summed E-state index contributed by atoms with van der Waals surface area (Å²) < 4.78 is 3.43. The number of benzene rings is 1. The maximum atomic E-state index is 10.7. The van der Waals surface area contributed by atoms with Crippen LogP contribution in [0.2, 0.25) is 0 Å². The van der Waals surface area contributed by atoms with Gasteiger partial charge in [0.1, 0.15) is 11.5 Å². The van der Waals surface area contributed by atoms with Gasteiger partial charge >= 0.3 is 0 Å². The molecule has 0 fully saturated rings. The first-order valence-corrected chi connectivity index (χ1v) is 9.33. The summed E-state index contributed by atoms with van der Waals surface area (Å²) in [5.41, 5.74) is 3.97. The highest BCUT2D eigenvalue weighted by molar-refractivity contribution is 8.01. The normalized spacial score (nSPS) is 11.0. The Morgan fingerprint density at radius 3 is 2.64 bits per heavy atom. The average molecular weight is 354 g/mol. The lowest BCUT2D eigenvalue weighted by Crippen LogP contribution is -2.02. The van der Waals surface area contributed by atoms with Gasteiger partial charge in [-0.25, -0.2) is 4.98 Å². The van der Waals surface area contributed by atoms with Crippen LogP contribution >= 0.6 is 11.9 Å². The number of nitrogens with zero attached hydrogens (tertiary/aromatic N) is 1. The fourth-order valence-corrected chi connectivity index (χ4v) is 3.51. The lowest BCUT2D eigenvalue weighted by atomic mass is 10.0. The molecule has 3 rings (SSSR count). The van der Waals surface area contributed by atoms with Crippen LogP contribution in [-0.4, -0.2) is 21.6 Å². The molecule has 0 unspecified atom stereocenters. The Balaban J connectivity index is 1.85. The number of rotatable bonds is 8. The largest absolute Gasteiger partial charge is 0.346 e. The third-order valence-electron chi connectivity index (χ3n) is 4.19. The van der Waals surface area contributed by atoms with Gasteiger partial charge in [0.15, 0.2) is 0 Å². The first-order valence-electron chi connectivity index (χ1n) is 8.45. The van der Waals surface area contributed by atoms with Crippen molar-refractivity contribution in [2.24, 2.45) is 0 Å². The minimum absolute atomic E-state index is 0.534. The van der Waals surface area contributed by atoms with Crippen molar-refractivity contribution in [1.82, 2.24) is 9.97 Å². The van der Waals surface area contributed by atoms with Crippen molar-refractivity contribution in [2.45, 2.75) is 31.9 Å². The Kier molecular flexibility index (Phi) is 5.60. The maximum absolute atomic E-state index is 10.7. The number of anilines is 2. The fourth-order valence-electron chi connectivity index (χ4n) is 2.74. The molecule has 25 heavy (non-hydrogen) atoms. The van der Waals surface area contributed by atoms with Gasteiger partial charge in [-0.1, -0.05) is 26.0 Å². The number of H-pyrrole nitrogens is 1. The van der Waals surface area contributed by atoms with Gasteiger partial charge in [0.25, 0.3) is 0 Å². The lowest BCUT2D eigenvalue weighted by Gasteiger charge is -2.13. The molecule has 1 aromatic carbocycles.